The molecule has 1 amide bonds. The largest absolute Gasteiger partial charge is 0.472 e. The van der Waals surface area contributed by atoms with Crippen LogP contribution in [0.3, 0.4) is 0 Å². The summed E-state index contributed by atoms with van der Waals surface area (Å²) in [6, 6.07) is 9.33. The van der Waals surface area contributed by atoms with Gasteiger partial charge < -0.3 is 14.4 Å². The van der Waals surface area contributed by atoms with Gasteiger partial charge in [0, 0.05) is 24.2 Å². The quantitative estimate of drug-likeness (QED) is 0.897. The molecule has 1 aliphatic heterocycles. The molecule has 98 valence electrons. The van der Waals surface area contributed by atoms with Crippen LogP contribution in [0.4, 0.5) is 0 Å². The minimum atomic E-state index is -0.388. The van der Waals surface area contributed by atoms with Crippen LogP contribution >= 0.6 is 0 Å². The van der Waals surface area contributed by atoms with Gasteiger partial charge in [0.2, 0.25) is 0 Å². The maximum absolute atomic E-state index is 12.3. The molecule has 1 N–H and O–H groups in total. The van der Waals surface area contributed by atoms with Crippen molar-refractivity contribution < 1.29 is 14.3 Å². The standard InChI is InChI=1S/C15H15NO3/c17-14-4-6-16(9-14)15(18)12-3-1-2-11(8-12)13-5-7-19-10-13/h1-3,5,7-8,10,14,17H,4,6,9H2/t14-/m1/s1. The van der Waals surface area contributed by atoms with Crippen LogP contribution < -0.4 is 0 Å². The van der Waals surface area contributed by atoms with Gasteiger partial charge in [-0.1, -0.05) is 12.1 Å². The third kappa shape index (κ3) is 2.39. The van der Waals surface area contributed by atoms with Crippen molar-refractivity contribution in [1.82, 2.24) is 4.90 Å². The van der Waals surface area contributed by atoms with E-state index in [0.29, 0.717) is 25.1 Å². The van der Waals surface area contributed by atoms with Crippen LogP contribution in [-0.2, 0) is 0 Å². The zero-order valence-corrected chi connectivity index (χ0v) is 10.5. The third-order valence-electron chi connectivity index (χ3n) is 3.41. The summed E-state index contributed by atoms with van der Waals surface area (Å²) in [6.07, 6.45) is 3.54. The fourth-order valence-corrected chi connectivity index (χ4v) is 2.37. The van der Waals surface area contributed by atoms with E-state index in [0.717, 1.165) is 11.1 Å². The number of carbonyl (C=O) groups is 1. The first-order chi connectivity index (χ1) is 9.24. The lowest BCUT2D eigenvalue weighted by Gasteiger charge is -2.15. The Bertz CT molecular complexity index is 577. The zero-order valence-electron chi connectivity index (χ0n) is 10.5. The first-order valence-electron chi connectivity index (χ1n) is 6.34. The first kappa shape index (κ1) is 12.0. The number of β-amino-alcohol motifs (C(OH)–C–C–N with tert-alkyl or cyclic N) is 1. The molecule has 3 rings (SSSR count). The van der Waals surface area contributed by atoms with E-state index in [1.807, 2.05) is 24.3 Å². The summed E-state index contributed by atoms with van der Waals surface area (Å²) in [4.78, 5) is 14.0. The Balaban J connectivity index is 1.85. The molecular weight excluding hydrogens is 242 g/mol. The number of amides is 1. The Morgan fingerprint density at radius 2 is 2.21 bits per heavy atom. The summed E-state index contributed by atoms with van der Waals surface area (Å²) in [5, 5.41) is 9.49. The van der Waals surface area contributed by atoms with E-state index in [-0.39, 0.29) is 12.0 Å². The molecule has 1 aromatic heterocycles. The van der Waals surface area contributed by atoms with Gasteiger partial charge >= 0.3 is 0 Å². The van der Waals surface area contributed by atoms with Gasteiger partial charge in [-0.15, -0.1) is 0 Å². The second-order valence-electron chi connectivity index (χ2n) is 4.79. The number of benzene rings is 1. The normalized spacial score (nSPS) is 18.8. The molecule has 1 saturated heterocycles. The number of nitrogens with zero attached hydrogens (tertiary/aromatic N) is 1. The van der Waals surface area contributed by atoms with E-state index in [2.05, 4.69) is 0 Å². The van der Waals surface area contributed by atoms with Crippen molar-refractivity contribution in [3.8, 4) is 11.1 Å². The highest BCUT2D eigenvalue weighted by Crippen LogP contribution is 2.22. The fraction of sp³-hybridized carbons (Fsp3) is 0.267. The lowest BCUT2D eigenvalue weighted by atomic mass is 10.1. The highest BCUT2D eigenvalue weighted by molar-refractivity contribution is 5.95. The van der Waals surface area contributed by atoms with Crippen LogP contribution in [0.5, 0.6) is 0 Å². The minimum absolute atomic E-state index is 0.0260. The second-order valence-corrected chi connectivity index (χ2v) is 4.79. The van der Waals surface area contributed by atoms with Gasteiger partial charge in [-0.25, -0.2) is 0 Å². The molecule has 1 atom stereocenters. The molecule has 0 saturated carbocycles. The number of likely N-dealkylation sites (tertiary alicyclic amines) is 1. The number of aliphatic hydroxyl groups excluding tert-OH is 1. The molecular formula is C15H15NO3. The summed E-state index contributed by atoms with van der Waals surface area (Å²) in [5.41, 5.74) is 2.56. The Hall–Kier alpha value is -2.07. The molecule has 19 heavy (non-hydrogen) atoms. The van der Waals surface area contributed by atoms with Crippen molar-refractivity contribution >= 4 is 5.91 Å². The lowest BCUT2D eigenvalue weighted by molar-refractivity contribution is 0.0765. The first-order valence-corrected chi connectivity index (χ1v) is 6.34. The SMILES string of the molecule is O=C(c1cccc(-c2ccoc2)c1)N1CC[C@@H](O)C1. The molecule has 0 unspecified atom stereocenters. The predicted octanol–water partition coefficient (Wildman–Crippen LogP) is 2.15. The number of hydrogen-bond donors (Lipinski definition) is 1. The van der Waals surface area contributed by atoms with Crippen molar-refractivity contribution in [3.63, 3.8) is 0 Å². The zero-order chi connectivity index (χ0) is 13.2. The minimum Gasteiger partial charge on any atom is -0.472 e. The third-order valence-corrected chi connectivity index (χ3v) is 3.41. The van der Waals surface area contributed by atoms with Crippen molar-refractivity contribution in [2.75, 3.05) is 13.1 Å². The highest BCUT2D eigenvalue weighted by Gasteiger charge is 2.25. The molecule has 2 aromatic rings. The van der Waals surface area contributed by atoms with E-state index in [1.165, 1.54) is 0 Å². The Morgan fingerprint density at radius 1 is 1.32 bits per heavy atom. The van der Waals surface area contributed by atoms with Crippen LogP contribution in [0.1, 0.15) is 16.8 Å². The van der Waals surface area contributed by atoms with E-state index < -0.39 is 0 Å². The lowest BCUT2D eigenvalue weighted by Crippen LogP contribution is -2.29. The number of hydrogen-bond acceptors (Lipinski definition) is 3. The molecule has 0 spiro atoms. The molecule has 0 bridgehead atoms. The van der Waals surface area contributed by atoms with Gasteiger partial charge in [0.15, 0.2) is 0 Å². The molecule has 1 fully saturated rings. The second kappa shape index (κ2) is 4.90. The summed E-state index contributed by atoms with van der Waals surface area (Å²) in [5.74, 6) is -0.0260. The van der Waals surface area contributed by atoms with Crippen LogP contribution in [0, 0.1) is 0 Å². The summed E-state index contributed by atoms with van der Waals surface area (Å²) < 4.78 is 5.05. The van der Waals surface area contributed by atoms with E-state index in [9.17, 15) is 9.90 Å². The Kier molecular flexibility index (Phi) is 3.09. The summed E-state index contributed by atoms with van der Waals surface area (Å²) >= 11 is 0. The van der Waals surface area contributed by atoms with E-state index in [4.69, 9.17) is 4.42 Å². The number of carbonyl (C=O) groups excluding carboxylic acids is 1. The number of furan rings is 1. The molecule has 0 radical (unpaired) electrons. The van der Waals surface area contributed by atoms with Gasteiger partial charge in [0.1, 0.15) is 0 Å². The monoisotopic (exact) mass is 257 g/mol. The van der Waals surface area contributed by atoms with Crippen LogP contribution in [0.25, 0.3) is 11.1 Å². The van der Waals surface area contributed by atoms with Crippen LogP contribution in [0.2, 0.25) is 0 Å². The van der Waals surface area contributed by atoms with Crippen molar-refractivity contribution in [1.29, 1.82) is 0 Å². The van der Waals surface area contributed by atoms with Crippen LogP contribution in [-0.4, -0.2) is 35.1 Å². The average Bonchev–Trinajstić information content (AvgIpc) is 3.09. The topological polar surface area (TPSA) is 53.7 Å². The smallest absolute Gasteiger partial charge is 0.253 e. The molecule has 2 heterocycles. The van der Waals surface area contributed by atoms with Gasteiger partial charge in [-0.05, 0) is 30.2 Å². The Labute approximate surface area is 111 Å². The summed E-state index contributed by atoms with van der Waals surface area (Å²) in [6.45, 7) is 1.05. The van der Waals surface area contributed by atoms with Gasteiger partial charge in [0.25, 0.3) is 5.91 Å². The fourth-order valence-electron chi connectivity index (χ4n) is 2.37. The molecule has 4 heteroatoms. The number of aliphatic hydroxyl groups is 1. The van der Waals surface area contributed by atoms with Crippen molar-refractivity contribution in [2.24, 2.45) is 0 Å². The van der Waals surface area contributed by atoms with E-state index in [1.54, 1.807) is 23.5 Å². The van der Waals surface area contributed by atoms with Gasteiger partial charge in [0.05, 0.1) is 18.6 Å². The van der Waals surface area contributed by atoms with Crippen molar-refractivity contribution in [3.05, 3.63) is 48.4 Å². The predicted molar refractivity (Wildman–Crippen MR) is 70.7 cm³/mol. The van der Waals surface area contributed by atoms with Crippen molar-refractivity contribution in [2.45, 2.75) is 12.5 Å². The molecule has 4 nitrogen and oxygen atoms in total. The van der Waals surface area contributed by atoms with Gasteiger partial charge in [-0.2, -0.15) is 0 Å². The highest BCUT2D eigenvalue weighted by atomic mass is 16.3. The van der Waals surface area contributed by atoms with E-state index >= 15 is 0 Å². The van der Waals surface area contributed by atoms with Crippen LogP contribution in [0.15, 0.2) is 47.3 Å². The maximum atomic E-state index is 12.3. The maximum Gasteiger partial charge on any atom is 0.253 e. The number of rotatable bonds is 2. The Morgan fingerprint density at radius 3 is 2.89 bits per heavy atom. The summed E-state index contributed by atoms with van der Waals surface area (Å²) in [7, 11) is 0. The molecule has 1 aliphatic rings. The average molecular weight is 257 g/mol. The van der Waals surface area contributed by atoms with Gasteiger partial charge in [-0.3, -0.25) is 4.79 Å². The molecule has 0 aliphatic carbocycles. The molecule has 1 aromatic carbocycles.